The summed E-state index contributed by atoms with van der Waals surface area (Å²) >= 11 is 0. The van der Waals surface area contributed by atoms with Crippen molar-refractivity contribution < 1.29 is 9.90 Å². The molecular formula is C21H14N2O4. The smallest absolute Gasteiger partial charge is 0.335 e. The van der Waals surface area contributed by atoms with Crippen molar-refractivity contribution >= 4 is 11.6 Å². The Balaban J connectivity index is 2.09. The molecule has 4 aromatic rings. The number of benzene rings is 2. The second kappa shape index (κ2) is 6.42. The van der Waals surface area contributed by atoms with Crippen LogP contribution in [0.2, 0.25) is 0 Å². The van der Waals surface area contributed by atoms with Gasteiger partial charge in [-0.25, -0.2) is 9.20 Å². The van der Waals surface area contributed by atoms with Gasteiger partial charge in [-0.05, 0) is 29.3 Å². The zero-order valence-corrected chi connectivity index (χ0v) is 14.0. The lowest BCUT2D eigenvalue weighted by molar-refractivity contribution is 0.0697. The second-order valence-electron chi connectivity index (χ2n) is 6.01. The van der Waals surface area contributed by atoms with Crippen LogP contribution in [0.15, 0.2) is 82.4 Å². The number of carboxylic acids is 1. The Morgan fingerprint density at radius 1 is 0.815 bits per heavy atom. The maximum Gasteiger partial charge on any atom is 0.335 e. The highest BCUT2D eigenvalue weighted by Crippen LogP contribution is 2.28. The van der Waals surface area contributed by atoms with Gasteiger partial charge in [0.1, 0.15) is 5.65 Å². The average Bonchev–Trinajstić information content (AvgIpc) is 2.68. The number of aromatic nitrogens is 2. The van der Waals surface area contributed by atoms with Crippen molar-refractivity contribution in [1.82, 2.24) is 9.38 Å². The lowest BCUT2D eigenvalue weighted by Crippen LogP contribution is -2.28. The monoisotopic (exact) mass is 358 g/mol. The molecule has 0 fully saturated rings. The molecule has 6 nitrogen and oxygen atoms in total. The molecule has 0 saturated carbocycles. The molecule has 0 spiro atoms. The topological polar surface area (TPSA) is 91.6 Å². The number of carboxylic acid groups (broad SMARTS) is 1. The first-order valence-electron chi connectivity index (χ1n) is 8.23. The van der Waals surface area contributed by atoms with E-state index < -0.39 is 17.1 Å². The van der Waals surface area contributed by atoms with Crippen LogP contribution in [-0.4, -0.2) is 20.5 Å². The van der Waals surface area contributed by atoms with E-state index in [-0.39, 0.29) is 5.56 Å². The third kappa shape index (κ3) is 2.83. The number of nitrogens with zero attached hydrogens (tertiary/aromatic N) is 1. The number of fused-ring (bicyclic) bond motifs is 1. The van der Waals surface area contributed by atoms with Crippen molar-refractivity contribution in [3.63, 3.8) is 0 Å². The number of hydrogen-bond acceptors (Lipinski definition) is 3. The minimum Gasteiger partial charge on any atom is -0.478 e. The summed E-state index contributed by atoms with van der Waals surface area (Å²) in [5.41, 5.74) is 1.79. The first-order chi connectivity index (χ1) is 13.1. The third-order valence-corrected chi connectivity index (χ3v) is 4.36. The minimum atomic E-state index is -1.05. The molecule has 0 bridgehead atoms. The normalized spacial score (nSPS) is 10.8. The molecule has 0 atom stereocenters. The molecule has 0 saturated heterocycles. The molecule has 0 aliphatic rings. The number of pyridine rings is 1. The number of hydrogen-bond donors (Lipinski definition) is 2. The summed E-state index contributed by atoms with van der Waals surface area (Å²) in [6.45, 7) is 0. The van der Waals surface area contributed by atoms with Crippen LogP contribution in [0.25, 0.3) is 28.0 Å². The van der Waals surface area contributed by atoms with Crippen LogP contribution in [0.4, 0.5) is 0 Å². The third-order valence-electron chi connectivity index (χ3n) is 4.36. The number of H-pyrrole nitrogens is 1. The summed E-state index contributed by atoms with van der Waals surface area (Å²) in [7, 11) is 0. The zero-order valence-electron chi connectivity index (χ0n) is 14.0. The minimum absolute atomic E-state index is 0.120. The highest BCUT2D eigenvalue weighted by molar-refractivity contribution is 5.89. The van der Waals surface area contributed by atoms with Crippen molar-refractivity contribution in [1.29, 1.82) is 0 Å². The van der Waals surface area contributed by atoms with E-state index in [1.54, 1.807) is 24.3 Å². The fraction of sp³-hybridized carbons (Fsp3) is 0. The predicted octanol–water partition coefficient (Wildman–Crippen LogP) is 3.02. The highest BCUT2D eigenvalue weighted by atomic mass is 16.4. The number of nitrogens with one attached hydrogen (secondary N) is 1. The van der Waals surface area contributed by atoms with E-state index in [9.17, 15) is 14.4 Å². The van der Waals surface area contributed by atoms with Gasteiger partial charge in [0.05, 0.1) is 16.8 Å². The molecule has 0 unspecified atom stereocenters. The van der Waals surface area contributed by atoms with Gasteiger partial charge in [-0.15, -0.1) is 0 Å². The van der Waals surface area contributed by atoms with Crippen LogP contribution < -0.4 is 11.1 Å². The van der Waals surface area contributed by atoms with E-state index in [2.05, 4.69) is 4.98 Å². The summed E-state index contributed by atoms with van der Waals surface area (Å²) in [4.78, 5) is 39.7. The van der Waals surface area contributed by atoms with Gasteiger partial charge in [-0.3, -0.25) is 9.59 Å². The molecule has 2 heterocycles. The number of rotatable bonds is 3. The van der Waals surface area contributed by atoms with Crippen molar-refractivity contribution in [3.8, 4) is 22.4 Å². The first-order valence-corrected chi connectivity index (χ1v) is 8.23. The predicted molar refractivity (Wildman–Crippen MR) is 102 cm³/mol. The van der Waals surface area contributed by atoms with E-state index in [0.717, 1.165) is 9.96 Å². The van der Waals surface area contributed by atoms with Gasteiger partial charge >= 0.3 is 5.97 Å². The van der Waals surface area contributed by atoms with E-state index in [0.29, 0.717) is 22.5 Å². The standard InChI is InChI=1S/C21H14N2O4/c24-17-8-4-7-16-22-19(14-5-2-1-3-6-14)18(20(25)23(16)17)13-9-11-15(12-10-13)21(26)27/h1-12,22H,(H,26,27). The summed E-state index contributed by atoms with van der Waals surface area (Å²) < 4.78 is 1.08. The van der Waals surface area contributed by atoms with Gasteiger partial charge in [-0.2, -0.15) is 0 Å². The molecule has 4 rings (SSSR count). The Hall–Kier alpha value is -3.93. The van der Waals surface area contributed by atoms with Crippen molar-refractivity contribution in [3.05, 3.63) is 99.1 Å². The fourth-order valence-corrected chi connectivity index (χ4v) is 3.07. The summed E-state index contributed by atoms with van der Waals surface area (Å²) in [5, 5.41) is 9.10. The molecule has 2 aromatic carbocycles. The Kier molecular flexibility index (Phi) is 3.93. The molecule has 6 heteroatoms. The average molecular weight is 358 g/mol. The van der Waals surface area contributed by atoms with E-state index in [4.69, 9.17) is 5.11 Å². The summed E-state index contributed by atoms with van der Waals surface area (Å²) in [5.74, 6) is -1.05. The van der Waals surface area contributed by atoms with Crippen molar-refractivity contribution in [2.24, 2.45) is 0 Å². The molecule has 2 aromatic heterocycles. The van der Waals surface area contributed by atoms with Gasteiger partial charge in [-0.1, -0.05) is 48.5 Å². The lowest BCUT2D eigenvalue weighted by atomic mass is 9.99. The first kappa shape index (κ1) is 16.5. The lowest BCUT2D eigenvalue weighted by Gasteiger charge is -2.12. The number of aromatic amines is 1. The van der Waals surface area contributed by atoms with Gasteiger partial charge in [0.15, 0.2) is 0 Å². The van der Waals surface area contributed by atoms with Crippen LogP contribution in [0.5, 0.6) is 0 Å². The summed E-state index contributed by atoms with van der Waals surface area (Å²) in [6, 6.07) is 19.9. The van der Waals surface area contributed by atoms with Crippen molar-refractivity contribution in [2.75, 3.05) is 0 Å². The Labute approximate surface area is 153 Å². The Morgan fingerprint density at radius 2 is 1.52 bits per heavy atom. The maximum atomic E-state index is 13.2. The number of carbonyl (C=O) groups is 1. The van der Waals surface area contributed by atoms with Gasteiger partial charge in [0, 0.05) is 6.07 Å². The summed E-state index contributed by atoms with van der Waals surface area (Å²) in [6.07, 6.45) is 0. The van der Waals surface area contributed by atoms with Crippen molar-refractivity contribution in [2.45, 2.75) is 0 Å². The van der Waals surface area contributed by atoms with E-state index in [1.165, 1.54) is 18.2 Å². The molecule has 0 aliphatic carbocycles. The Bertz CT molecular complexity index is 1270. The molecule has 0 aliphatic heterocycles. The molecule has 27 heavy (non-hydrogen) atoms. The van der Waals surface area contributed by atoms with Crippen LogP contribution in [-0.2, 0) is 0 Å². The van der Waals surface area contributed by atoms with Crippen LogP contribution >= 0.6 is 0 Å². The zero-order chi connectivity index (χ0) is 19.0. The van der Waals surface area contributed by atoms with E-state index >= 15 is 0 Å². The highest BCUT2D eigenvalue weighted by Gasteiger charge is 2.16. The number of aromatic carboxylic acids is 1. The van der Waals surface area contributed by atoms with Gasteiger partial charge < -0.3 is 10.1 Å². The molecular weight excluding hydrogens is 344 g/mol. The Morgan fingerprint density at radius 3 is 2.19 bits per heavy atom. The van der Waals surface area contributed by atoms with Crippen LogP contribution in [0.3, 0.4) is 0 Å². The fourth-order valence-electron chi connectivity index (χ4n) is 3.07. The van der Waals surface area contributed by atoms with Gasteiger partial charge in [0.25, 0.3) is 11.1 Å². The van der Waals surface area contributed by atoms with Crippen LogP contribution in [0.1, 0.15) is 10.4 Å². The molecule has 0 radical (unpaired) electrons. The molecule has 2 N–H and O–H groups in total. The molecule has 132 valence electrons. The maximum absolute atomic E-state index is 13.2. The SMILES string of the molecule is O=C(O)c1ccc(-c2c(-c3ccccc3)[nH]c3cccc(=O)n3c2=O)cc1. The van der Waals surface area contributed by atoms with Crippen LogP contribution in [0, 0.1) is 0 Å². The largest absolute Gasteiger partial charge is 0.478 e. The second-order valence-corrected chi connectivity index (χ2v) is 6.01. The molecule has 0 amide bonds. The van der Waals surface area contributed by atoms with Gasteiger partial charge in [0.2, 0.25) is 0 Å². The van der Waals surface area contributed by atoms with E-state index in [1.807, 2.05) is 30.3 Å². The quantitative estimate of drug-likeness (QED) is 0.589.